The first-order valence-electron chi connectivity index (χ1n) is 6.59. The van der Waals surface area contributed by atoms with Gasteiger partial charge in [0.2, 0.25) is 0 Å². The number of para-hydroxylation sites is 1. The Hall–Kier alpha value is -2.15. The molecule has 1 aliphatic carbocycles. The molecular formula is C14H17FN2O4. The Labute approximate surface area is 121 Å². The first-order chi connectivity index (χ1) is 9.97. The van der Waals surface area contributed by atoms with E-state index in [-0.39, 0.29) is 16.9 Å². The topological polar surface area (TPSA) is 87.7 Å². The Bertz CT molecular complexity index is 552. The predicted octanol–water partition coefficient (Wildman–Crippen LogP) is 2.21. The van der Waals surface area contributed by atoms with Crippen LogP contribution in [0.15, 0.2) is 18.2 Å². The Morgan fingerprint density at radius 1 is 1.43 bits per heavy atom. The average Bonchev–Trinajstić information content (AvgIpc) is 2.40. The molecule has 2 rings (SSSR count). The molecule has 2 amide bonds. The number of halogens is 1. The van der Waals surface area contributed by atoms with Crippen LogP contribution in [0.4, 0.5) is 14.9 Å². The molecule has 0 atom stereocenters. The van der Waals surface area contributed by atoms with Gasteiger partial charge in [-0.05, 0) is 31.4 Å². The minimum Gasteiger partial charge on any atom is -0.478 e. The van der Waals surface area contributed by atoms with Crippen LogP contribution in [0.3, 0.4) is 0 Å². The van der Waals surface area contributed by atoms with Crippen molar-refractivity contribution in [3.8, 4) is 0 Å². The highest BCUT2D eigenvalue weighted by atomic mass is 19.1. The van der Waals surface area contributed by atoms with Gasteiger partial charge >= 0.3 is 12.0 Å². The van der Waals surface area contributed by atoms with Crippen LogP contribution in [-0.2, 0) is 4.74 Å². The number of methoxy groups -OCH3 is 1. The van der Waals surface area contributed by atoms with Crippen molar-refractivity contribution in [1.29, 1.82) is 0 Å². The normalized spacial score (nSPS) is 15.9. The summed E-state index contributed by atoms with van der Waals surface area (Å²) in [6.07, 6.45) is 2.74. The zero-order valence-electron chi connectivity index (χ0n) is 11.6. The number of carbonyl (C=O) groups excluding carboxylic acids is 1. The summed E-state index contributed by atoms with van der Waals surface area (Å²) in [5, 5.41) is 13.8. The van der Waals surface area contributed by atoms with Crippen molar-refractivity contribution in [3.63, 3.8) is 0 Å². The van der Waals surface area contributed by atoms with Crippen molar-refractivity contribution >= 4 is 17.7 Å². The van der Waals surface area contributed by atoms with Gasteiger partial charge in [-0.15, -0.1) is 0 Å². The van der Waals surface area contributed by atoms with Gasteiger partial charge in [-0.2, -0.15) is 0 Å². The number of carbonyl (C=O) groups is 2. The van der Waals surface area contributed by atoms with E-state index < -0.39 is 17.8 Å². The fourth-order valence-electron chi connectivity index (χ4n) is 2.25. The summed E-state index contributed by atoms with van der Waals surface area (Å²) in [6, 6.07) is 2.93. The first-order valence-corrected chi connectivity index (χ1v) is 6.59. The number of rotatable bonds is 5. The van der Waals surface area contributed by atoms with Gasteiger partial charge < -0.3 is 20.5 Å². The van der Waals surface area contributed by atoms with Gasteiger partial charge in [-0.1, -0.05) is 6.07 Å². The Morgan fingerprint density at radius 3 is 2.67 bits per heavy atom. The molecule has 1 aliphatic rings. The van der Waals surface area contributed by atoms with Crippen LogP contribution in [0.5, 0.6) is 0 Å². The lowest BCUT2D eigenvalue weighted by Gasteiger charge is -2.40. The summed E-state index contributed by atoms with van der Waals surface area (Å²) in [5.41, 5.74) is -1.000. The number of carboxylic acid groups (broad SMARTS) is 1. The van der Waals surface area contributed by atoms with Crippen LogP contribution >= 0.6 is 0 Å². The molecular weight excluding hydrogens is 279 g/mol. The van der Waals surface area contributed by atoms with Crippen molar-refractivity contribution in [1.82, 2.24) is 5.32 Å². The third-order valence-electron chi connectivity index (χ3n) is 3.75. The molecule has 0 unspecified atom stereocenters. The van der Waals surface area contributed by atoms with Crippen molar-refractivity contribution in [2.45, 2.75) is 24.9 Å². The molecule has 0 aromatic heterocycles. The number of amides is 2. The molecule has 1 aromatic carbocycles. The maximum absolute atomic E-state index is 13.7. The number of nitrogens with one attached hydrogen (secondary N) is 2. The molecule has 0 bridgehead atoms. The summed E-state index contributed by atoms with van der Waals surface area (Å²) < 4.78 is 19.0. The van der Waals surface area contributed by atoms with Crippen molar-refractivity contribution in [2.24, 2.45) is 0 Å². The molecule has 1 saturated carbocycles. The van der Waals surface area contributed by atoms with E-state index in [0.29, 0.717) is 6.54 Å². The van der Waals surface area contributed by atoms with Crippen LogP contribution in [0.25, 0.3) is 0 Å². The van der Waals surface area contributed by atoms with E-state index in [0.717, 1.165) is 25.3 Å². The van der Waals surface area contributed by atoms with E-state index in [9.17, 15) is 14.0 Å². The lowest BCUT2D eigenvalue weighted by molar-refractivity contribution is -0.0671. The lowest BCUT2D eigenvalue weighted by Crippen LogP contribution is -2.50. The fourth-order valence-corrected chi connectivity index (χ4v) is 2.25. The van der Waals surface area contributed by atoms with Crippen molar-refractivity contribution in [3.05, 3.63) is 29.6 Å². The SMILES string of the molecule is COC1(CNC(=O)Nc2c(F)cccc2C(=O)O)CCC1. The van der Waals surface area contributed by atoms with Gasteiger partial charge in [0.15, 0.2) is 0 Å². The van der Waals surface area contributed by atoms with E-state index >= 15 is 0 Å². The molecule has 0 heterocycles. The summed E-state index contributed by atoms with van der Waals surface area (Å²) in [5.74, 6) is -2.10. The largest absolute Gasteiger partial charge is 0.478 e. The summed E-state index contributed by atoms with van der Waals surface area (Å²) >= 11 is 0. The molecule has 21 heavy (non-hydrogen) atoms. The maximum Gasteiger partial charge on any atom is 0.337 e. The summed E-state index contributed by atoms with van der Waals surface area (Å²) in [6.45, 7) is 0.298. The van der Waals surface area contributed by atoms with Crippen LogP contribution < -0.4 is 10.6 Å². The molecule has 6 nitrogen and oxygen atoms in total. The maximum atomic E-state index is 13.7. The quantitative estimate of drug-likeness (QED) is 0.777. The number of ether oxygens (including phenoxy) is 1. The molecule has 3 N–H and O–H groups in total. The van der Waals surface area contributed by atoms with E-state index in [4.69, 9.17) is 9.84 Å². The Morgan fingerprint density at radius 2 is 2.14 bits per heavy atom. The minimum atomic E-state index is -1.31. The van der Waals surface area contributed by atoms with Crippen LogP contribution in [0.1, 0.15) is 29.6 Å². The molecule has 0 radical (unpaired) electrons. The number of anilines is 1. The zero-order chi connectivity index (χ0) is 15.5. The monoisotopic (exact) mass is 296 g/mol. The highest BCUT2D eigenvalue weighted by Gasteiger charge is 2.37. The van der Waals surface area contributed by atoms with Gasteiger partial charge in [-0.3, -0.25) is 0 Å². The number of hydrogen-bond donors (Lipinski definition) is 3. The van der Waals surface area contributed by atoms with Crippen LogP contribution in [0, 0.1) is 5.82 Å². The van der Waals surface area contributed by atoms with Gasteiger partial charge in [0.1, 0.15) is 5.82 Å². The highest BCUT2D eigenvalue weighted by Crippen LogP contribution is 2.34. The van der Waals surface area contributed by atoms with Gasteiger partial charge in [-0.25, -0.2) is 14.0 Å². The van der Waals surface area contributed by atoms with Crippen molar-refractivity contribution in [2.75, 3.05) is 19.0 Å². The number of benzene rings is 1. The van der Waals surface area contributed by atoms with E-state index in [1.807, 2.05) is 0 Å². The number of aromatic carboxylic acids is 1. The Kier molecular flexibility index (Phi) is 4.42. The number of urea groups is 1. The second-order valence-electron chi connectivity index (χ2n) is 5.02. The zero-order valence-corrected chi connectivity index (χ0v) is 11.6. The standard InChI is InChI=1S/C14H17FN2O4/c1-21-14(6-3-7-14)8-16-13(20)17-11-9(12(18)19)4-2-5-10(11)15/h2,4-5H,3,6-8H2,1H3,(H,18,19)(H2,16,17,20). The second kappa shape index (κ2) is 6.09. The molecule has 1 aromatic rings. The molecule has 0 aliphatic heterocycles. The smallest absolute Gasteiger partial charge is 0.337 e. The van der Waals surface area contributed by atoms with E-state index in [1.165, 1.54) is 12.1 Å². The number of hydrogen-bond acceptors (Lipinski definition) is 3. The molecule has 1 fully saturated rings. The minimum absolute atomic E-state index is 0.296. The molecule has 0 saturated heterocycles. The van der Waals surface area contributed by atoms with Crippen molar-refractivity contribution < 1.29 is 23.8 Å². The number of carboxylic acids is 1. The van der Waals surface area contributed by atoms with Gasteiger partial charge in [0.05, 0.1) is 16.9 Å². The summed E-state index contributed by atoms with van der Waals surface area (Å²) in [7, 11) is 1.58. The average molecular weight is 296 g/mol. The van der Waals surface area contributed by atoms with Gasteiger partial charge in [0, 0.05) is 13.7 Å². The van der Waals surface area contributed by atoms with Crippen LogP contribution in [0.2, 0.25) is 0 Å². The highest BCUT2D eigenvalue weighted by molar-refractivity contribution is 6.00. The third-order valence-corrected chi connectivity index (χ3v) is 3.75. The fraction of sp³-hybridized carbons (Fsp3) is 0.429. The van der Waals surface area contributed by atoms with E-state index in [2.05, 4.69) is 10.6 Å². The summed E-state index contributed by atoms with van der Waals surface area (Å²) in [4.78, 5) is 22.8. The first kappa shape index (κ1) is 15.2. The van der Waals surface area contributed by atoms with E-state index in [1.54, 1.807) is 7.11 Å². The predicted molar refractivity (Wildman–Crippen MR) is 74.0 cm³/mol. The Balaban J connectivity index is 2.01. The van der Waals surface area contributed by atoms with Crippen LogP contribution in [-0.4, -0.2) is 36.4 Å². The third kappa shape index (κ3) is 3.30. The van der Waals surface area contributed by atoms with Gasteiger partial charge in [0.25, 0.3) is 0 Å². The lowest BCUT2D eigenvalue weighted by atomic mass is 9.80. The molecule has 0 spiro atoms. The second-order valence-corrected chi connectivity index (χ2v) is 5.02. The molecule has 7 heteroatoms. The molecule has 114 valence electrons.